The van der Waals surface area contributed by atoms with Gasteiger partial charge >= 0.3 is 0 Å². The first kappa shape index (κ1) is 34.1. The summed E-state index contributed by atoms with van der Waals surface area (Å²) in [7, 11) is 2.01. The number of nitrogens with one attached hydrogen (secondary N) is 1. The second kappa shape index (κ2) is 19.1. The molecule has 0 atom stereocenters. The van der Waals surface area contributed by atoms with Gasteiger partial charge in [0, 0.05) is 43.6 Å². The van der Waals surface area contributed by atoms with E-state index in [1.807, 2.05) is 50.5 Å². The SMILES string of the molecule is C=C/C=C\c1c(C=O)cc2ccc[n+](C)c2c1C.CCC.[CH3-].[CH3-].[NH-]C1CCCCC1.[Pt]. The van der Waals surface area contributed by atoms with Crippen LogP contribution in [0.3, 0.4) is 0 Å². The third-order valence-corrected chi connectivity index (χ3v) is 4.72. The van der Waals surface area contributed by atoms with Gasteiger partial charge in [0.05, 0.1) is 0 Å². The summed E-state index contributed by atoms with van der Waals surface area (Å²) in [5.41, 5.74) is 11.2. The van der Waals surface area contributed by atoms with E-state index < -0.39 is 0 Å². The fourth-order valence-corrected chi connectivity index (χ4v) is 3.41. The minimum atomic E-state index is 0. The molecule has 1 heterocycles. The van der Waals surface area contributed by atoms with E-state index in [4.69, 9.17) is 5.73 Å². The van der Waals surface area contributed by atoms with Crippen molar-refractivity contribution in [3.8, 4) is 0 Å². The van der Waals surface area contributed by atoms with Crippen molar-refractivity contribution in [1.82, 2.24) is 0 Å². The number of rotatable bonds is 3. The summed E-state index contributed by atoms with van der Waals surface area (Å²) in [6, 6.07) is 6.22. The van der Waals surface area contributed by atoms with Crippen LogP contribution >= 0.6 is 0 Å². The van der Waals surface area contributed by atoms with Crippen LogP contribution in [-0.2, 0) is 28.1 Å². The summed E-state index contributed by atoms with van der Waals surface area (Å²) < 4.78 is 2.07. The van der Waals surface area contributed by atoms with Crippen molar-refractivity contribution in [2.45, 2.75) is 65.3 Å². The molecule has 2 aromatic rings. The molecule has 31 heavy (non-hydrogen) atoms. The molecule has 0 bridgehead atoms. The molecule has 0 saturated heterocycles. The van der Waals surface area contributed by atoms with E-state index in [0.29, 0.717) is 5.56 Å². The van der Waals surface area contributed by atoms with Gasteiger partial charge in [0.15, 0.2) is 12.5 Å². The van der Waals surface area contributed by atoms with Gasteiger partial charge in [0.2, 0.25) is 5.52 Å². The fraction of sp³-hybridized carbons (Fsp3) is 0.407. The first-order chi connectivity index (χ1) is 13.5. The van der Waals surface area contributed by atoms with Crippen molar-refractivity contribution >= 4 is 23.3 Å². The summed E-state index contributed by atoms with van der Waals surface area (Å²) in [6.45, 7) is 9.95. The molecule has 1 aromatic carbocycles. The molecular weight excluding hydrogens is 563 g/mol. The summed E-state index contributed by atoms with van der Waals surface area (Å²) in [6.07, 6.45) is 15.9. The number of aromatic nitrogens is 1. The average Bonchev–Trinajstić information content (AvgIpc) is 2.68. The molecule has 1 aliphatic rings. The number of carbonyl (C=O) groups excluding carboxylic acids is 1. The standard InChI is InChI=1S/C16H16NO.C6H12N.C3H8.2CH3.Pt/c1-4-5-8-15-12(2)16-13(10-14(15)11-18)7-6-9-17(16)3;7-6-4-2-1-3-5-6;1-3-2;;;/h4-11H,1H2,2-3H3;6-7H,1-5H2;3H2,1-2H3;2*1H3;/q+1;-1;;2*-1;/b8-5-;;;;;. The molecule has 0 spiro atoms. The third-order valence-electron chi connectivity index (χ3n) is 4.72. The molecule has 3 rings (SSSR count). The van der Waals surface area contributed by atoms with E-state index in [-0.39, 0.29) is 42.0 Å². The van der Waals surface area contributed by atoms with Crippen LogP contribution in [0.2, 0.25) is 0 Å². The van der Waals surface area contributed by atoms with Crippen molar-refractivity contribution in [2.24, 2.45) is 7.05 Å². The molecule has 178 valence electrons. The smallest absolute Gasteiger partial charge is 0.215 e. The van der Waals surface area contributed by atoms with Crippen molar-refractivity contribution in [3.63, 3.8) is 0 Å². The molecule has 1 aliphatic carbocycles. The van der Waals surface area contributed by atoms with E-state index in [0.717, 1.165) is 41.2 Å². The Morgan fingerprint density at radius 3 is 2.23 bits per heavy atom. The van der Waals surface area contributed by atoms with Crippen LogP contribution in [0.1, 0.15) is 73.9 Å². The van der Waals surface area contributed by atoms with Gasteiger partial charge < -0.3 is 20.6 Å². The Bertz CT molecular complexity index is 793. The second-order valence-corrected chi connectivity index (χ2v) is 7.32. The predicted molar refractivity (Wildman–Crippen MR) is 134 cm³/mol. The number of fused-ring (bicyclic) bond motifs is 1. The zero-order valence-corrected chi connectivity index (χ0v) is 22.6. The molecular formula is C27H42N2OPt-2. The number of pyridine rings is 1. The Balaban J connectivity index is -0.000000511. The molecule has 0 radical (unpaired) electrons. The Morgan fingerprint density at radius 1 is 1.19 bits per heavy atom. The third kappa shape index (κ3) is 11.0. The van der Waals surface area contributed by atoms with E-state index in [2.05, 4.69) is 25.0 Å². The number of hydrogen-bond acceptors (Lipinski definition) is 1. The van der Waals surface area contributed by atoms with Crippen LogP contribution < -0.4 is 4.57 Å². The minimum absolute atomic E-state index is 0. The number of carbonyl (C=O) groups is 1. The Kier molecular flexibility index (Phi) is 21.0. The first-order valence-electron chi connectivity index (χ1n) is 10.4. The van der Waals surface area contributed by atoms with Crippen molar-refractivity contribution in [1.29, 1.82) is 0 Å². The molecule has 1 saturated carbocycles. The maximum absolute atomic E-state index is 11.2. The van der Waals surface area contributed by atoms with Crippen molar-refractivity contribution < 1.29 is 30.4 Å². The second-order valence-electron chi connectivity index (χ2n) is 7.32. The largest absolute Gasteiger partial charge is 0.675 e. The van der Waals surface area contributed by atoms with Crippen molar-refractivity contribution in [2.75, 3.05) is 0 Å². The van der Waals surface area contributed by atoms with E-state index >= 15 is 0 Å². The topological polar surface area (TPSA) is 44.8 Å². The Hall–Kier alpha value is -1.57. The number of allylic oxidation sites excluding steroid dienone is 2. The quantitative estimate of drug-likeness (QED) is 0.153. The summed E-state index contributed by atoms with van der Waals surface area (Å²) in [4.78, 5) is 11.2. The molecule has 4 heteroatoms. The van der Waals surface area contributed by atoms with E-state index in [1.54, 1.807) is 6.08 Å². The zero-order valence-electron chi connectivity index (χ0n) is 20.3. The molecule has 1 aromatic heterocycles. The van der Waals surface area contributed by atoms with Crippen molar-refractivity contribution in [3.05, 3.63) is 80.4 Å². The molecule has 1 fully saturated rings. The molecule has 0 amide bonds. The van der Waals surface area contributed by atoms with Gasteiger partial charge in [0.25, 0.3) is 0 Å². The van der Waals surface area contributed by atoms with Crippen LogP contribution in [0.4, 0.5) is 0 Å². The van der Waals surface area contributed by atoms with Gasteiger partial charge in [-0.2, -0.15) is 0 Å². The Labute approximate surface area is 206 Å². The number of benzene rings is 1. The molecule has 0 unspecified atom stereocenters. The number of aldehydes is 1. The van der Waals surface area contributed by atoms with Crippen LogP contribution in [-0.4, -0.2) is 12.3 Å². The maximum atomic E-state index is 11.2. The monoisotopic (exact) mass is 605 g/mol. The average molecular weight is 606 g/mol. The summed E-state index contributed by atoms with van der Waals surface area (Å²) in [5.74, 6) is 0. The van der Waals surface area contributed by atoms with Crippen LogP contribution in [0.5, 0.6) is 0 Å². The van der Waals surface area contributed by atoms with Gasteiger partial charge in [-0.25, -0.2) is 4.57 Å². The first-order valence-corrected chi connectivity index (χ1v) is 10.4. The molecule has 1 N–H and O–H groups in total. The van der Waals surface area contributed by atoms with Gasteiger partial charge in [0.1, 0.15) is 7.05 Å². The van der Waals surface area contributed by atoms with E-state index in [1.165, 1.54) is 25.7 Å². The molecule has 0 aliphatic heterocycles. The fourth-order valence-electron chi connectivity index (χ4n) is 3.41. The number of aryl methyl sites for hydroxylation is 2. The summed E-state index contributed by atoms with van der Waals surface area (Å²) in [5, 5.41) is 1.08. The van der Waals surface area contributed by atoms with Gasteiger partial charge in [-0.05, 0) is 24.6 Å². The van der Waals surface area contributed by atoms with Crippen LogP contribution in [0.25, 0.3) is 22.7 Å². The maximum Gasteiger partial charge on any atom is 0.215 e. The van der Waals surface area contributed by atoms with Crippen LogP contribution in [0, 0.1) is 21.8 Å². The van der Waals surface area contributed by atoms with E-state index in [9.17, 15) is 4.79 Å². The van der Waals surface area contributed by atoms with Gasteiger partial charge in [-0.3, -0.25) is 4.79 Å². The van der Waals surface area contributed by atoms with Gasteiger partial charge in [-0.1, -0.05) is 77.2 Å². The summed E-state index contributed by atoms with van der Waals surface area (Å²) >= 11 is 0. The zero-order chi connectivity index (χ0) is 20.9. The van der Waals surface area contributed by atoms with Crippen LogP contribution in [0.15, 0.2) is 43.1 Å². The Morgan fingerprint density at radius 2 is 1.77 bits per heavy atom. The van der Waals surface area contributed by atoms with Gasteiger partial charge in [-0.15, -0.1) is 6.04 Å². The molecule has 3 nitrogen and oxygen atoms in total. The predicted octanol–water partition coefficient (Wildman–Crippen LogP) is 7.67. The minimum Gasteiger partial charge on any atom is -0.675 e. The normalized spacial score (nSPS) is 12.7. The number of hydrogen-bond donors (Lipinski definition) is 0. The number of nitrogens with zero attached hydrogens (tertiary/aromatic N) is 1.